The van der Waals surface area contributed by atoms with Gasteiger partial charge in [0.2, 0.25) is 0 Å². The van der Waals surface area contributed by atoms with E-state index in [0.29, 0.717) is 24.1 Å². The fourth-order valence-corrected chi connectivity index (χ4v) is 8.47. The summed E-state index contributed by atoms with van der Waals surface area (Å²) >= 11 is 0. The van der Waals surface area contributed by atoms with Gasteiger partial charge in [0.05, 0.1) is 34.4 Å². The maximum Gasteiger partial charge on any atom is 0.472 e. The van der Waals surface area contributed by atoms with Gasteiger partial charge in [-0.05, 0) is 38.5 Å². The third-order valence-corrected chi connectivity index (χ3v) is 12.8. The Morgan fingerprint density at radius 3 is 1.25 bits per heavy atom. The molecule has 0 aromatic carbocycles. The van der Waals surface area contributed by atoms with Crippen LogP contribution in [0.3, 0.4) is 0 Å². The normalized spacial score (nSPS) is 13.6. The van der Waals surface area contributed by atoms with E-state index in [0.717, 1.165) is 38.5 Å². The number of rotatable bonds is 50. The molecule has 1 N–H and O–H groups in total. The highest BCUT2D eigenvalue weighted by atomic mass is 31.2. The topological polar surface area (TPSA) is 91.3 Å². The number of unbranched alkanes of at least 4 members (excludes halogenated alkanes) is 34. The first kappa shape index (κ1) is 60.2. The fraction of sp³-hybridized carbons (Fsp3) is 0.942. The van der Waals surface area contributed by atoms with Crippen molar-refractivity contribution in [3.8, 4) is 0 Å². The first-order chi connectivity index (χ1) is 29.6. The lowest BCUT2D eigenvalue weighted by Crippen LogP contribution is -2.37. The van der Waals surface area contributed by atoms with E-state index in [-0.39, 0.29) is 25.8 Å². The molecule has 0 amide bonds. The number of phosphoric ester groups is 1. The standard InChI is InChI=1S/C52H104NO7P/c1-6-8-10-12-14-16-18-20-22-23-24-25-26-27-28-29-30-31-32-34-36-38-40-42-44-47-57-49-51(50-59-61(55,56)58-48-46-53(3,4)5)60-52(54)45-43-41-39-37-35-33-21-19-17-15-13-11-9-7-2/h19,21,51H,6-18,20,22-50H2,1-5H3/p+1/b21-19-. The largest absolute Gasteiger partial charge is 0.472 e. The Morgan fingerprint density at radius 2 is 0.852 bits per heavy atom. The Bertz CT molecular complexity index is 987. The minimum Gasteiger partial charge on any atom is -0.457 e. The van der Waals surface area contributed by atoms with Crippen LogP contribution in [0.15, 0.2) is 12.2 Å². The zero-order valence-corrected chi connectivity index (χ0v) is 42.3. The predicted molar refractivity (Wildman–Crippen MR) is 261 cm³/mol. The first-order valence-electron chi connectivity index (χ1n) is 26.4. The molecule has 2 unspecified atom stereocenters. The van der Waals surface area contributed by atoms with Crippen molar-refractivity contribution in [1.29, 1.82) is 0 Å². The van der Waals surface area contributed by atoms with Crippen molar-refractivity contribution in [3.63, 3.8) is 0 Å². The first-order valence-corrected chi connectivity index (χ1v) is 27.9. The van der Waals surface area contributed by atoms with Crippen LogP contribution in [-0.2, 0) is 27.9 Å². The van der Waals surface area contributed by atoms with Gasteiger partial charge in [0.15, 0.2) is 0 Å². The van der Waals surface area contributed by atoms with Gasteiger partial charge in [0.25, 0.3) is 0 Å². The van der Waals surface area contributed by atoms with Gasteiger partial charge in [-0.25, -0.2) is 4.57 Å². The van der Waals surface area contributed by atoms with Gasteiger partial charge in [-0.15, -0.1) is 0 Å². The molecule has 0 saturated carbocycles. The van der Waals surface area contributed by atoms with Crippen LogP contribution in [0.5, 0.6) is 0 Å². The summed E-state index contributed by atoms with van der Waals surface area (Å²) in [6.07, 6.45) is 52.7. The zero-order chi connectivity index (χ0) is 44.8. The second-order valence-electron chi connectivity index (χ2n) is 19.3. The molecule has 0 aliphatic heterocycles. The van der Waals surface area contributed by atoms with Crippen molar-refractivity contribution in [2.45, 2.75) is 264 Å². The summed E-state index contributed by atoms with van der Waals surface area (Å²) in [4.78, 5) is 23.0. The minimum absolute atomic E-state index is 0.0905. The van der Waals surface area contributed by atoms with Gasteiger partial charge >= 0.3 is 13.8 Å². The van der Waals surface area contributed by atoms with E-state index in [1.54, 1.807) is 0 Å². The van der Waals surface area contributed by atoms with Gasteiger partial charge in [0.1, 0.15) is 19.3 Å². The summed E-state index contributed by atoms with van der Waals surface area (Å²) in [5, 5.41) is 0. The van der Waals surface area contributed by atoms with Crippen molar-refractivity contribution < 1.29 is 37.3 Å². The van der Waals surface area contributed by atoms with E-state index < -0.39 is 13.9 Å². The number of carbonyl (C=O) groups excluding carboxylic acids is 1. The molecule has 0 heterocycles. The molecule has 61 heavy (non-hydrogen) atoms. The zero-order valence-electron chi connectivity index (χ0n) is 41.4. The van der Waals surface area contributed by atoms with Crippen LogP contribution < -0.4 is 0 Å². The Balaban J connectivity index is 4.01. The second-order valence-corrected chi connectivity index (χ2v) is 20.7. The van der Waals surface area contributed by atoms with Crippen LogP contribution in [0.1, 0.15) is 258 Å². The SMILES string of the molecule is CCCCCCC/C=C\CCCCCCCC(=O)OC(COCCCCCCCCCCCCCCCCCCCCCCCCCCC)COP(=O)(O)OCC[N+](C)(C)C. The summed E-state index contributed by atoms with van der Waals surface area (Å²) in [6, 6.07) is 0. The lowest BCUT2D eigenvalue weighted by atomic mass is 10.0. The van der Waals surface area contributed by atoms with E-state index in [1.807, 2.05) is 21.1 Å². The van der Waals surface area contributed by atoms with Gasteiger partial charge in [-0.2, -0.15) is 0 Å². The number of ether oxygens (including phenoxy) is 2. The highest BCUT2D eigenvalue weighted by Gasteiger charge is 2.26. The van der Waals surface area contributed by atoms with Gasteiger partial charge in [0, 0.05) is 13.0 Å². The quantitative estimate of drug-likeness (QED) is 0.0214. The number of esters is 1. The van der Waals surface area contributed by atoms with E-state index in [2.05, 4.69) is 26.0 Å². The molecule has 0 aromatic heterocycles. The molecule has 0 fully saturated rings. The van der Waals surface area contributed by atoms with Crippen molar-refractivity contribution in [2.75, 3.05) is 54.1 Å². The molecular weight excluding hydrogens is 782 g/mol. The Labute approximate surface area is 380 Å². The number of carbonyl (C=O) groups is 1. The molecule has 0 rings (SSSR count). The molecule has 0 aliphatic carbocycles. The van der Waals surface area contributed by atoms with E-state index in [9.17, 15) is 14.3 Å². The Morgan fingerprint density at radius 1 is 0.492 bits per heavy atom. The van der Waals surface area contributed by atoms with E-state index >= 15 is 0 Å². The van der Waals surface area contributed by atoms with Crippen LogP contribution in [-0.4, -0.2) is 75.6 Å². The van der Waals surface area contributed by atoms with Gasteiger partial charge in [-0.1, -0.05) is 225 Å². The average Bonchev–Trinajstić information content (AvgIpc) is 3.22. The summed E-state index contributed by atoms with van der Waals surface area (Å²) in [6.45, 7) is 5.66. The molecule has 0 saturated heterocycles. The number of phosphoric acid groups is 1. The van der Waals surface area contributed by atoms with Crippen molar-refractivity contribution >= 4 is 13.8 Å². The highest BCUT2D eigenvalue weighted by Crippen LogP contribution is 2.43. The Hall–Kier alpha value is -0.760. The van der Waals surface area contributed by atoms with Crippen molar-refractivity contribution in [1.82, 2.24) is 0 Å². The molecule has 364 valence electrons. The number of hydrogen-bond donors (Lipinski definition) is 1. The van der Waals surface area contributed by atoms with Crippen LogP contribution in [0.4, 0.5) is 0 Å². The molecule has 8 nitrogen and oxygen atoms in total. The molecule has 0 aromatic rings. The van der Waals surface area contributed by atoms with Crippen LogP contribution in [0.2, 0.25) is 0 Å². The summed E-state index contributed by atoms with van der Waals surface area (Å²) < 4.78 is 35.1. The van der Waals surface area contributed by atoms with E-state index in [4.69, 9.17) is 18.5 Å². The van der Waals surface area contributed by atoms with E-state index in [1.165, 1.54) is 199 Å². The maximum absolute atomic E-state index is 12.7. The number of allylic oxidation sites excluding steroid dienone is 2. The van der Waals surface area contributed by atoms with Crippen molar-refractivity contribution in [2.24, 2.45) is 0 Å². The van der Waals surface area contributed by atoms with Gasteiger partial charge in [-0.3, -0.25) is 13.8 Å². The summed E-state index contributed by atoms with van der Waals surface area (Å²) in [5.74, 6) is -0.317. The monoisotopic (exact) mass is 887 g/mol. The summed E-state index contributed by atoms with van der Waals surface area (Å²) in [7, 11) is 1.68. The lowest BCUT2D eigenvalue weighted by molar-refractivity contribution is -0.870. The smallest absolute Gasteiger partial charge is 0.457 e. The minimum atomic E-state index is -4.28. The van der Waals surface area contributed by atoms with Crippen LogP contribution >= 0.6 is 7.82 Å². The predicted octanol–water partition coefficient (Wildman–Crippen LogP) is 16.2. The molecule has 2 atom stereocenters. The maximum atomic E-state index is 12.7. The highest BCUT2D eigenvalue weighted by molar-refractivity contribution is 7.47. The van der Waals surface area contributed by atoms with Crippen LogP contribution in [0.25, 0.3) is 0 Å². The third-order valence-electron chi connectivity index (χ3n) is 11.8. The lowest BCUT2D eigenvalue weighted by Gasteiger charge is -2.24. The van der Waals surface area contributed by atoms with Crippen LogP contribution in [0, 0.1) is 0 Å². The molecule has 0 bridgehead atoms. The fourth-order valence-electron chi connectivity index (χ4n) is 7.73. The average molecular weight is 887 g/mol. The summed E-state index contributed by atoms with van der Waals surface area (Å²) in [5.41, 5.74) is 0. The number of nitrogens with zero attached hydrogens (tertiary/aromatic N) is 1. The number of likely N-dealkylation sites (N-methyl/N-ethyl adjacent to an activating group) is 1. The molecular formula is C52H105NO7P+. The molecule has 0 aliphatic rings. The number of quaternary nitrogens is 1. The Kier molecular flexibility index (Phi) is 45.2. The van der Waals surface area contributed by atoms with Crippen molar-refractivity contribution in [3.05, 3.63) is 12.2 Å². The third kappa shape index (κ3) is 50.1. The molecule has 0 spiro atoms. The second kappa shape index (κ2) is 45.8. The molecule has 0 radical (unpaired) electrons. The van der Waals surface area contributed by atoms with Gasteiger partial charge < -0.3 is 18.9 Å². The number of hydrogen-bond acceptors (Lipinski definition) is 6. The molecule has 9 heteroatoms.